The van der Waals surface area contributed by atoms with Gasteiger partial charge in [0.25, 0.3) is 5.91 Å². The molecule has 1 aromatic carbocycles. The maximum Gasteiger partial charge on any atom is 0.573 e. The summed E-state index contributed by atoms with van der Waals surface area (Å²) in [7, 11) is 0. The minimum atomic E-state index is -4.72. The lowest BCUT2D eigenvalue weighted by Gasteiger charge is -2.15. The Morgan fingerprint density at radius 1 is 1.14 bits per heavy atom. The topological polar surface area (TPSA) is 77.2 Å². The van der Waals surface area contributed by atoms with Gasteiger partial charge in [0.2, 0.25) is 0 Å². The van der Waals surface area contributed by atoms with Crippen LogP contribution in [0.2, 0.25) is 0 Å². The molecule has 28 heavy (non-hydrogen) atoms. The number of pyridine rings is 1. The first-order valence-corrected chi connectivity index (χ1v) is 8.63. The summed E-state index contributed by atoms with van der Waals surface area (Å²) in [6.07, 6.45) is -3.18. The molecule has 0 saturated carbocycles. The van der Waals surface area contributed by atoms with Crippen LogP contribution in [0.25, 0.3) is 0 Å². The highest BCUT2D eigenvalue weighted by atomic mass is 19.4. The zero-order valence-corrected chi connectivity index (χ0v) is 16.6. The number of aryl methyl sites for hydroxylation is 1. The van der Waals surface area contributed by atoms with Gasteiger partial charge in [0.15, 0.2) is 0 Å². The first-order valence-electron chi connectivity index (χ1n) is 8.63. The lowest BCUT2D eigenvalue weighted by molar-refractivity contribution is -0.274. The molecule has 0 aliphatic carbocycles. The van der Waals surface area contributed by atoms with Crippen LogP contribution >= 0.6 is 0 Å². The zero-order valence-electron chi connectivity index (χ0n) is 16.6. The van der Waals surface area contributed by atoms with Crippen LogP contribution in [-0.4, -0.2) is 22.8 Å². The van der Waals surface area contributed by atoms with Crippen molar-refractivity contribution in [2.75, 3.05) is 0 Å². The van der Waals surface area contributed by atoms with Gasteiger partial charge >= 0.3 is 6.36 Å². The van der Waals surface area contributed by atoms with E-state index in [1.165, 1.54) is 30.5 Å². The highest BCUT2D eigenvalue weighted by Gasteiger charge is 2.31. The molecule has 5 nitrogen and oxygen atoms in total. The van der Waals surface area contributed by atoms with E-state index < -0.39 is 6.36 Å². The van der Waals surface area contributed by atoms with Crippen molar-refractivity contribution in [3.8, 4) is 5.75 Å². The van der Waals surface area contributed by atoms with Gasteiger partial charge in [0, 0.05) is 23.0 Å². The first kappa shape index (κ1) is 23.4. The average Bonchev–Trinajstić information content (AvgIpc) is 2.52. The Morgan fingerprint density at radius 3 is 2.14 bits per heavy atom. The van der Waals surface area contributed by atoms with E-state index in [1.54, 1.807) is 26.0 Å². The van der Waals surface area contributed by atoms with Gasteiger partial charge in [-0.2, -0.15) is 0 Å². The number of halogens is 3. The molecule has 0 spiro atoms. The van der Waals surface area contributed by atoms with E-state index in [-0.39, 0.29) is 23.2 Å². The van der Waals surface area contributed by atoms with Gasteiger partial charge in [-0.05, 0) is 64.4 Å². The Bertz CT molecular complexity index is 764. The molecule has 0 bridgehead atoms. The Hall–Kier alpha value is -2.61. The number of alkyl halides is 3. The SMILES string of the molecule is CC(C)(C)N.Cc1cc(C(=O)NC(C)c2ccc(OC(F)(F)F)cc2)ccn1. The molecule has 1 amide bonds. The number of hydrogen-bond donors (Lipinski definition) is 2. The van der Waals surface area contributed by atoms with Crippen molar-refractivity contribution in [2.24, 2.45) is 5.73 Å². The lowest BCUT2D eigenvalue weighted by atomic mass is 10.1. The predicted octanol–water partition coefficient (Wildman–Crippen LogP) is 4.52. The smallest absolute Gasteiger partial charge is 0.406 e. The van der Waals surface area contributed by atoms with E-state index in [1.807, 2.05) is 20.8 Å². The number of ether oxygens (including phenoxy) is 1. The van der Waals surface area contributed by atoms with Crippen molar-refractivity contribution in [2.45, 2.75) is 52.6 Å². The van der Waals surface area contributed by atoms with Crippen LogP contribution in [0.15, 0.2) is 42.6 Å². The van der Waals surface area contributed by atoms with Gasteiger partial charge in [-0.3, -0.25) is 9.78 Å². The third-order valence-corrected chi connectivity index (χ3v) is 3.12. The summed E-state index contributed by atoms with van der Waals surface area (Å²) >= 11 is 0. The lowest BCUT2D eigenvalue weighted by Crippen LogP contribution is -2.26. The van der Waals surface area contributed by atoms with Crippen LogP contribution < -0.4 is 15.8 Å². The standard InChI is InChI=1S/C16H15F3N2O2.C4H11N/c1-10-9-13(7-8-20-10)15(22)21-11(2)12-3-5-14(6-4-12)23-16(17,18)19;1-4(2,3)5/h3-9,11H,1-2H3,(H,21,22);5H2,1-3H3. The van der Waals surface area contributed by atoms with Gasteiger partial charge in [-0.25, -0.2) is 0 Å². The summed E-state index contributed by atoms with van der Waals surface area (Å²) in [6.45, 7) is 9.41. The first-order chi connectivity index (χ1) is 12.7. The number of carbonyl (C=O) groups is 1. The number of benzene rings is 1. The molecule has 0 saturated heterocycles. The van der Waals surface area contributed by atoms with Gasteiger partial charge in [-0.1, -0.05) is 12.1 Å². The number of carbonyl (C=O) groups excluding carboxylic acids is 1. The average molecular weight is 397 g/mol. The molecule has 0 radical (unpaired) electrons. The van der Waals surface area contributed by atoms with E-state index in [0.717, 1.165) is 5.69 Å². The Balaban J connectivity index is 0.000000696. The molecule has 154 valence electrons. The summed E-state index contributed by atoms with van der Waals surface area (Å²) in [5.74, 6) is -0.580. The largest absolute Gasteiger partial charge is 0.573 e. The molecular formula is C20H26F3N3O2. The summed E-state index contributed by atoms with van der Waals surface area (Å²) in [6, 6.07) is 8.26. The Morgan fingerprint density at radius 2 is 1.68 bits per heavy atom. The summed E-state index contributed by atoms with van der Waals surface area (Å²) < 4.78 is 40.1. The normalized spacial score (nSPS) is 12.5. The number of aromatic nitrogens is 1. The van der Waals surface area contributed by atoms with Gasteiger partial charge in [-0.15, -0.1) is 13.2 Å². The third-order valence-electron chi connectivity index (χ3n) is 3.12. The van der Waals surface area contributed by atoms with Crippen LogP contribution in [0.1, 0.15) is 55.4 Å². The summed E-state index contributed by atoms with van der Waals surface area (Å²) in [5, 5.41) is 2.78. The van der Waals surface area contributed by atoms with Crippen LogP contribution in [-0.2, 0) is 0 Å². The fourth-order valence-corrected chi connectivity index (χ4v) is 2.01. The maximum absolute atomic E-state index is 12.1. The second-order valence-corrected chi connectivity index (χ2v) is 7.36. The van der Waals surface area contributed by atoms with Gasteiger partial charge in [0.05, 0.1) is 6.04 Å². The number of nitrogens with one attached hydrogen (secondary N) is 1. The van der Waals surface area contributed by atoms with Crippen molar-refractivity contribution in [3.05, 3.63) is 59.4 Å². The number of nitrogens with zero attached hydrogens (tertiary/aromatic N) is 1. The molecule has 0 aliphatic rings. The molecule has 3 N–H and O–H groups in total. The number of amides is 1. The van der Waals surface area contributed by atoms with Crippen LogP contribution in [0, 0.1) is 6.92 Å². The molecule has 2 rings (SSSR count). The summed E-state index contributed by atoms with van der Waals surface area (Å²) in [5.41, 5.74) is 7.21. The molecule has 8 heteroatoms. The van der Waals surface area contributed by atoms with Crippen molar-refractivity contribution in [1.29, 1.82) is 0 Å². The van der Waals surface area contributed by atoms with Crippen molar-refractivity contribution < 1.29 is 22.7 Å². The van der Waals surface area contributed by atoms with Gasteiger partial charge in [0.1, 0.15) is 5.75 Å². The fourth-order valence-electron chi connectivity index (χ4n) is 2.01. The molecule has 1 unspecified atom stereocenters. The molecule has 0 aliphatic heterocycles. The molecule has 1 atom stereocenters. The molecule has 0 fully saturated rings. The van der Waals surface area contributed by atoms with Crippen molar-refractivity contribution in [3.63, 3.8) is 0 Å². The number of nitrogens with two attached hydrogens (primary N) is 1. The monoisotopic (exact) mass is 397 g/mol. The number of hydrogen-bond acceptors (Lipinski definition) is 4. The van der Waals surface area contributed by atoms with E-state index in [4.69, 9.17) is 5.73 Å². The molecule has 2 aromatic rings. The van der Waals surface area contributed by atoms with E-state index in [9.17, 15) is 18.0 Å². The predicted molar refractivity (Wildman–Crippen MR) is 102 cm³/mol. The fraction of sp³-hybridized carbons (Fsp3) is 0.400. The Labute approximate surface area is 163 Å². The molecular weight excluding hydrogens is 371 g/mol. The van der Waals surface area contributed by atoms with Crippen LogP contribution in [0.5, 0.6) is 5.75 Å². The third kappa shape index (κ3) is 9.91. The minimum Gasteiger partial charge on any atom is -0.406 e. The van der Waals surface area contributed by atoms with Gasteiger partial charge < -0.3 is 15.8 Å². The van der Waals surface area contributed by atoms with E-state index in [2.05, 4.69) is 15.0 Å². The van der Waals surface area contributed by atoms with E-state index in [0.29, 0.717) is 11.1 Å². The summed E-state index contributed by atoms with van der Waals surface area (Å²) in [4.78, 5) is 16.1. The Kier molecular flexibility index (Phi) is 7.99. The second-order valence-electron chi connectivity index (χ2n) is 7.36. The minimum absolute atomic E-state index is 0. The quantitative estimate of drug-likeness (QED) is 0.795. The maximum atomic E-state index is 12.1. The van der Waals surface area contributed by atoms with Crippen molar-refractivity contribution >= 4 is 5.91 Å². The van der Waals surface area contributed by atoms with Crippen LogP contribution in [0.3, 0.4) is 0 Å². The molecule has 1 aromatic heterocycles. The van der Waals surface area contributed by atoms with Crippen molar-refractivity contribution in [1.82, 2.24) is 10.3 Å². The molecule has 1 heterocycles. The number of rotatable bonds is 4. The van der Waals surface area contributed by atoms with E-state index >= 15 is 0 Å². The second kappa shape index (κ2) is 9.54. The highest BCUT2D eigenvalue weighted by Crippen LogP contribution is 2.24. The zero-order chi connectivity index (χ0) is 21.5. The van der Waals surface area contributed by atoms with Crippen LogP contribution in [0.4, 0.5) is 13.2 Å². The highest BCUT2D eigenvalue weighted by molar-refractivity contribution is 5.94.